The van der Waals surface area contributed by atoms with Gasteiger partial charge in [0.25, 0.3) is 11.7 Å². The summed E-state index contributed by atoms with van der Waals surface area (Å²) in [5, 5.41) is 3.39. The standard InChI is InChI=1S/C18H16ClNO3/c19-13-5-3-4-12(10-13)17(21)20-14-6-7-15-16(11-14)23-18(22-15)8-1-2-9-18/h3-7,10-11H,1-2,8-9H2,(H,20,21). The maximum atomic E-state index is 12.3. The Hall–Kier alpha value is -2.20. The lowest BCUT2D eigenvalue weighted by molar-refractivity contribution is -0.0716. The van der Waals surface area contributed by atoms with Crippen LogP contribution in [0.4, 0.5) is 5.69 Å². The van der Waals surface area contributed by atoms with E-state index < -0.39 is 5.79 Å². The zero-order chi connectivity index (χ0) is 15.9. The van der Waals surface area contributed by atoms with Gasteiger partial charge in [-0.05, 0) is 43.2 Å². The fourth-order valence-electron chi connectivity index (χ4n) is 3.12. The number of benzene rings is 2. The van der Waals surface area contributed by atoms with E-state index >= 15 is 0 Å². The predicted molar refractivity (Wildman–Crippen MR) is 88.3 cm³/mol. The van der Waals surface area contributed by atoms with Gasteiger partial charge in [-0.25, -0.2) is 0 Å². The molecule has 0 radical (unpaired) electrons. The maximum absolute atomic E-state index is 12.3. The maximum Gasteiger partial charge on any atom is 0.255 e. The van der Waals surface area contributed by atoms with Crippen LogP contribution in [0.25, 0.3) is 0 Å². The molecule has 4 nitrogen and oxygen atoms in total. The highest BCUT2D eigenvalue weighted by atomic mass is 35.5. The fourth-order valence-corrected chi connectivity index (χ4v) is 3.31. The Bertz CT molecular complexity index is 769. The summed E-state index contributed by atoms with van der Waals surface area (Å²) < 4.78 is 12.0. The van der Waals surface area contributed by atoms with E-state index in [4.69, 9.17) is 21.1 Å². The van der Waals surface area contributed by atoms with E-state index in [9.17, 15) is 4.79 Å². The molecule has 0 atom stereocenters. The summed E-state index contributed by atoms with van der Waals surface area (Å²) in [5.74, 6) is 0.739. The first-order valence-electron chi connectivity index (χ1n) is 7.73. The molecule has 1 saturated carbocycles. The Morgan fingerprint density at radius 3 is 2.61 bits per heavy atom. The molecule has 1 heterocycles. The largest absolute Gasteiger partial charge is 0.448 e. The number of amides is 1. The lowest BCUT2D eigenvalue weighted by Gasteiger charge is -2.21. The van der Waals surface area contributed by atoms with E-state index in [0.717, 1.165) is 31.4 Å². The van der Waals surface area contributed by atoms with Gasteiger partial charge in [0.15, 0.2) is 11.5 Å². The summed E-state index contributed by atoms with van der Waals surface area (Å²) >= 11 is 5.92. The van der Waals surface area contributed by atoms with Gasteiger partial charge in [0.05, 0.1) is 0 Å². The molecule has 2 aromatic carbocycles. The molecular weight excluding hydrogens is 314 g/mol. The Kier molecular flexibility index (Phi) is 3.42. The van der Waals surface area contributed by atoms with Crippen LogP contribution in [0.3, 0.4) is 0 Å². The molecule has 1 spiro atoms. The number of hydrogen-bond donors (Lipinski definition) is 1. The third-order valence-corrected chi connectivity index (χ3v) is 4.48. The normalized spacial score (nSPS) is 17.4. The third kappa shape index (κ3) is 2.75. The summed E-state index contributed by atoms with van der Waals surface area (Å²) in [7, 11) is 0. The molecular formula is C18H16ClNO3. The number of hydrogen-bond acceptors (Lipinski definition) is 3. The molecule has 2 aliphatic rings. The smallest absolute Gasteiger partial charge is 0.255 e. The zero-order valence-electron chi connectivity index (χ0n) is 12.5. The third-order valence-electron chi connectivity index (χ3n) is 4.25. The monoisotopic (exact) mass is 329 g/mol. The van der Waals surface area contributed by atoms with Gasteiger partial charge in [0.2, 0.25) is 0 Å². The van der Waals surface area contributed by atoms with Crippen LogP contribution >= 0.6 is 11.6 Å². The Morgan fingerprint density at radius 1 is 1.04 bits per heavy atom. The molecule has 1 N–H and O–H groups in total. The van der Waals surface area contributed by atoms with Crippen LogP contribution in [0, 0.1) is 0 Å². The molecule has 0 bridgehead atoms. The van der Waals surface area contributed by atoms with Crippen molar-refractivity contribution in [3.63, 3.8) is 0 Å². The van der Waals surface area contributed by atoms with E-state index in [0.29, 0.717) is 22.0 Å². The highest BCUT2D eigenvalue weighted by molar-refractivity contribution is 6.31. The number of rotatable bonds is 2. The van der Waals surface area contributed by atoms with Gasteiger partial charge in [-0.2, -0.15) is 0 Å². The van der Waals surface area contributed by atoms with Crippen LogP contribution in [0.1, 0.15) is 36.0 Å². The van der Waals surface area contributed by atoms with Gasteiger partial charge in [-0.3, -0.25) is 4.79 Å². The lowest BCUT2D eigenvalue weighted by atomic mass is 10.2. The lowest BCUT2D eigenvalue weighted by Crippen LogP contribution is -2.34. The molecule has 0 saturated heterocycles. The van der Waals surface area contributed by atoms with Crippen molar-refractivity contribution >= 4 is 23.2 Å². The minimum atomic E-state index is -0.488. The second kappa shape index (κ2) is 5.46. The average molecular weight is 330 g/mol. The van der Waals surface area contributed by atoms with Crippen molar-refractivity contribution in [2.45, 2.75) is 31.5 Å². The number of carbonyl (C=O) groups is 1. The van der Waals surface area contributed by atoms with Gasteiger partial charge in [0, 0.05) is 35.2 Å². The van der Waals surface area contributed by atoms with Gasteiger partial charge in [-0.15, -0.1) is 0 Å². The highest BCUT2D eigenvalue weighted by Gasteiger charge is 2.44. The Labute approximate surface area is 139 Å². The van der Waals surface area contributed by atoms with Crippen molar-refractivity contribution < 1.29 is 14.3 Å². The summed E-state index contributed by atoms with van der Waals surface area (Å²) in [6, 6.07) is 12.3. The number of fused-ring (bicyclic) bond motifs is 1. The molecule has 1 fully saturated rings. The summed E-state index contributed by atoms with van der Waals surface area (Å²) in [5.41, 5.74) is 1.19. The number of ether oxygens (including phenoxy) is 2. The van der Waals surface area contributed by atoms with E-state index in [2.05, 4.69) is 5.32 Å². The van der Waals surface area contributed by atoms with Crippen LogP contribution in [-0.4, -0.2) is 11.7 Å². The molecule has 4 rings (SSSR count). The first-order valence-corrected chi connectivity index (χ1v) is 8.10. The second-order valence-corrected chi connectivity index (χ2v) is 6.38. The number of nitrogens with one attached hydrogen (secondary N) is 1. The van der Waals surface area contributed by atoms with E-state index in [1.54, 1.807) is 24.3 Å². The number of carbonyl (C=O) groups excluding carboxylic acids is 1. The first kappa shape index (κ1) is 14.4. The van der Waals surface area contributed by atoms with Crippen molar-refractivity contribution in [1.29, 1.82) is 0 Å². The van der Waals surface area contributed by atoms with Gasteiger partial charge in [-0.1, -0.05) is 17.7 Å². The van der Waals surface area contributed by atoms with Gasteiger partial charge >= 0.3 is 0 Å². The van der Waals surface area contributed by atoms with Crippen molar-refractivity contribution in [2.24, 2.45) is 0 Å². The predicted octanol–water partition coefficient (Wildman–Crippen LogP) is 4.63. The van der Waals surface area contributed by atoms with Crippen LogP contribution in [-0.2, 0) is 0 Å². The zero-order valence-corrected chi connectivity index (χ0v) is 13.2. The van der Waals surface area contributed by atoms with Crippen LogP contribution < -0.4 is 14.8 Å². The molecule has 1 aliphatic heterocycles. The molecule has 118 valence electrons. The van der Waals surface area contributed by atoms with Crippen molar-refractivity contribution in [2.75, 3.05) is 5.32 Å². The molecule has 0 aromatic heterocycles. The number of anilines is 1. The second-order valence-electron chi connectivity index (χ2n) is 5.95. The molecule has 0 unspecified atom stereocenters. The van der Waals surface area contributed by atoms with E-state index in [1.807, 2.05) is 18.2 Å². The summed E-state index contributed by atoms with van der Waals surface area (Å²) in [6.07, 6.45) is 4.05. The molecule has 23 heavy (non-hydrogen) atoms. The first-order chi connectivity index (χ1) is 11.1. The van der Waals surface area contributed by atoms with E-state index in [1.165, 1.54) is 0 Å². The summed E-state index contributed by atoms with van der Waals surface area (Å²) in [6.45, 7) is 0. The number of halogens is 1. The quantitative estimate of drug-likeness (QED) is 0.873. The SMILES string of the molecule is O=C(Nc1ccc2c(c1)OC1(CCCC1)O2)c1cccc(Cl)c1. The molecule has 5 heteroatoms. The fraction of sp³-hybridized carbons (Fsp3) is 0.278. The summed E-state index contributed by atoms with van der Waals surface area (Å²) in [4.78, 5) is 12.3. The van der Waals surface area contributed by atoms with Gasteiger partial charge in [0.1, 0.15) is 0 Å². The average Bonchev–Trinajstić information content (AvgIpc) is 3.13. The minimum absolute atomic E-state index is 0.207. The van der Waals surface area contributed by atoms with E-state index in [-0.39, 0.29) is 5.91 Å². The highest BCUT2D eigenvalue weighted by Crippen LogP contribution is 2.47. The Morgan fingerprint density at radius 2 is 1.83 bits per heavy atom. The Balaban J connectivity index is 1.52. The molecule has 1 aliphatic carbocycles. The molecule has 1 amide bonds. The van der Waals surface area contributed by atoms with Crippen molar-refractivity contribution in [3.8, 4) is 11.5 Å². The van der Waals surface area contributed by atoms with Crippen LogP contribution in [0.5, 0.6) is 11.5 Å². The minimum Gasteiger partial charge on any atom is -0.448 e. The topological polar surface area (TPSA) is 47.6 Å². The van der Waals surface area contributed by atoms with Crippen molar-refractivity contribution in [1.82, 2.24) is 0 Å². The van der Waals surface area contributed by atoms with Gasteiger partial charge < -0.3 is 14.8 Å². The van der Waals surface area contributed by atoms with Crippen molar-refractivity contribution in [3.05, 3.63) is 53.1 Å². The van der Waals surface area contributed by atoms with Crippen LogP contribution in [0.15, 0.2) is 42.5 Å². The molecule has 2 aromatic rings. The van der Waals surface area contributed by atoms with Crippen LogP contribution in [0.2, 0.25) is 5.02 Å².